The molecule has 4 nitrogen and oxygen atoms in total. The molecule has 1 aromatic heterocycles. The van der Waals surface area contributed by atoms with E-state index in [0.29, 0.717) is 5.39 Å². The molecule has 1 unspecified atom stereocenters. The normalized spacial score (nSPS) is 19.0. The largest absolute Gasteiger partial charge is 0.487 e. The summed E-state index contributed by atoms with van der Waals surface area (Å²) in [6, 6.07) is 11.9. The van der Waals surface area contributed by atoms with E-state index in [0.717, 1.165) is 40.8 Å². The highest BCUT2D eigenvalue weighted by molar-refractivity contribution is 5.95. The molecule has 3 aromatic rings. The van der Waals surface area contributed by atoms with E-state index < -0.39 is 0 Å². The van der Waals surface area contributed by atoms with Gasteiger partial charge in [0, 0.05) is 30.0 Å². The number of fused-ring (bicyclic) bond motifs is 2. The fraction of sp³-hybridized carbons (Fsp3) is 0.333. The maximum atomic E-state index is 12.4. The topological polar surface area (TPSA) is 44.1 Å². The van der Waals surface area contributed by atoms with Gasteiger partial charge in [-0.2, -0.15) is 5.10 Å². The lowest BCUT2D eigenvalue weighted by Gasteiger charge is -2.21. The monoisotopic (exact) mass is 334 g/mol. The molecule has 0 saturated carbocycles. The Hall–Kier alpha value is -2.62. The lowest BCUT2D eigenvalue weighted by atomic mass is 9.91. The Labute approximate surface area is 147 Å². The number of hydrogen-bond acceptors (Lipinski definition) is 3. The van der Waals surface area contributed by atoms with Gasteiger partial charge >= 0.3 is 0 Å². The van der Waals surface area contributed by atoms with Crippen LogP contribution in [-0.2, 0) is 13.5 Å². The van der Waals surface area contributed by atoms with Gasteiger partial charge in [0.25, 0.3) is 5.56 Å². The predicted octanol–water partition coefficient (Wildman–Crippen LogP) is 4.01. The molecule has 0 N–H and O–H groups in total. The minimum absolute atomic E-state index is 0.0715. The van der Waals surface area contributed by atoms with Gasteiger partial charge in [-0.3, -0.25) is 4.79 Å². The lowest BCUT2D eigenvalue weighted by molar-refractivity contribution is 0.111. The van der Waals surface area contributed by atoms with Crippen molar-refractivity contribution in [2.24, 2.45) is 7.05 Å². The highest BCUT2D eigenvalue weighted by atomic mass is 16.5. The van der Waals surface area contributed by atoms with Crippen molar-refractivity contribution in [2.75, 3.05) is 0 Å². The zero-order chi connectivity index (χ0) is 17.8. The summed E-state index contributed by atoms with van der Waals surface area (Å²) in [5, 5.41) is 6.19. The molecule has 0 bridgehead atoms. The van der Waals surface area contributed by atoms with Crippen LogP contribution in [0.4, 0.5) is 0 Å². The van der Waals surface area contributed by atoms with Crippen molar-refractivity contribution in [2.45, 2.75) is 39.2 Å². The van der Waals surface area contributed by atoms with E-state index in [1.54, 1.807) is 7.05 Å². The molecule has 1 aliphatic rings. The van der Waals surface area contributed by atoms with E-state index in [2.05, 4.69) is 38.0 Å². The summed E-state index contributed by atoms with van der Waals surface area (Å²) >= 11 is 0. The second kappa shape index (κ2) is 5.45. The molecule has 0 amide bonds. The third kappa shape index (κ3) is 2.36. The van der Waals surface area contributed by atoms with Gasteiger partial charge in [0.05, 0.1) is 11.1 Å². The van der Waals surface area contributed by atoms with Crippen molar-refractivity contribution in [3.8, 4) is 17.0 Å². The number of rotatable bonds is 2. The molecule has 25 heavy (non-hydrogen) atoms. The zero-order valence-corrected chi connectivity index (χ0v) is 15.1. The van der Waals surface area contributed by atoms with Crippen LogP contribution in [-0.4, -0.2) is 15.4 Å². The summed E-state index contributed by atoms with van der Waals surface area (Å²) in [6.45, 7) is 6.39. The van der Waals surface area contributed by atoms with Gasteiger partial charge in [-0.25, -0.2) is 4.68 Å². The molecule has 2 heterocycles. The van der Waals surface area contributed by atoms with E-state index in [1.165, 1.54) is 10.2 Å². The Bertz CT molecular complexity index is 1050. The van der Waals surface area contributed by atoms with Crippen LogP contribution in [0.2, 0.25) is 0 Å². The van der Waals surface area contributed by atoms with Gasteiger partial charge in [0.15, 0.2) is 0 Å². The Morgan fingerprint density at radius 1 is 1.20 bits per heavy atom. The summed E-state index contributed by atoms with van der Waals surface area (Å²) < 4.78 is 7.74. The standard InChI is InChI=1S/C21H22N2O2/c1-5-21(3)12-17-15(11-10-13(2)19(17)25-21)18-14-8-6-7-9-16(14)20(24)23(4)22-18/h6-11H,5,12H2,1-4H3. The predicted molar refractivity (Wildman–Crippen MR) is 100 cm³/mol. The number of benzene rings is 2. The molecule has 0 aliphatic carbocycles. The molecule has 0 fully saturated rings. The molecular formula is C21H22N2O2. The van der Waals surface area contributed by atoms with Crippen LogP contribution < -0.4 is 10.3 Å². The van der Waals surface area contributed by atoms with E-state index in [4.69, 9.17) is 4.74 Å². The van der Waals surface area contributed by atoms with Gasteiger partial charge in [0.1, 0.15) is 11.4 Å². The first-order valence-electron chi connectivity index (χ1n) is 8.71. The van der Waals surface area contributed by atoms with Crippen molar-refractivity contribution < 1.29 is 4.74 Å². The zero-order valence-electron chi connectivity index (χ0n) is 15.1. The van der Waals surface area contributed by atoms with Gasteiger partial charge in [-0.05, 0) is 31.9 Å². The summed E-state index contributed by atoms with van der Waals surface area (Å²) in [7, 11) is 1.71. The first kappa shape index (κ1) is 15.9. The minimum Gasteiger partial charge on any atom is -0.487 e. The maximum Gasteiger partial charge on any atom is 0.274 e. The molecule has 4 heteroatoms. The highest BCUT2D eigenvalue weighted by Crippen LogP contribution is 2.44. The van der Waals surface area contributed by atoms with Crippen LogP contribution in [0, 0.1) is 6.92 Å². The van der Waals surface area contributed by atoms with Crippen LogP contribution in [0.3, 0.4) is 0 Å². The van der Waals surface area contributed by atoms with Gasteiger partial charge < -0.3 is 4.74 Å². The average Bonchev–Trinajstić information content (AvgIpc) is 2.98. The van der Waals surface area contributed by atoms with E-state index in [9.17, 15) is 4.79 Å². The quantitative estimate of drug-likeness (QED) is 0.711. The first-order chi connectivity index (χ1) is 11.9. The third-order valence-electron chi connectivity index (χ3n) is 5.32. The molecular weight excluding hydrogens is 312 g/mol. The lowest BCUT2D eigenvalue weighted by Crippen LogP contribution is -2.28. The number of aryl methyl sites for hydroxylation is 2. The number of ether oxygens (including phenoxy) is 1. The summed E-state index contributed by atoms with van der Waals surface area (Å²) in [4.78, 5) is 12.4. The van der Waals surface area contributed by atoms with Crippen molar-refractivity contribution in [1.82, 2.24) is 9.78 Å². The van der Waals surface area contributed by atoms with Gasteiger partial charge in [-0.1, -0.05) is 37.3 Å². The maximum absolute atomic E-state index is 12.4. The Kier molecular flexibility index (Phi) is 3.46. The van der Waals surface area contributed by atoms with E-state index in [1.807, 2.05) is 24.3 Å². The average molecular weight is 334 g/mol. The van der Waals surface area contributed by atoms with Crippen molar-refractivity contribution in [3.05, 3.63) is 57.9 Å². The van der Waals surface area contributed by atoms with Crippen LogP contribution in [0.25, 0.3) is 22.0 Å². The van der Waals surface area contributed by atoms with Crippen LogP contribution >= 0.6 is 0 Å². The Morgan fingerprint density at radius 3 is 2.64 bits per heavy atom. The molecule has 128 valence electrons. The van der Waals surface area contributed by atoms with Crippen molar-refractivity contribution >= 4 is 10.8 Å². The first-order valence-corrected chi connectivity index (χ1v) is 8.71. The van der Waals surface area contributed by atoms with E-state index in [-0.39, 0.29) is 11.2 Å². The molecule has 1 aliphatic heterocycles. The van der Waals surface area contributed by atoms with Crippen LogP contribution in [0.15, 0.2) is 41.2 Å². The Morgan fingerprint density at radius 2 is 1.92 bits per heavy atom. The van der Waals surface area contributed by atoms with Gasteiger partial charge in [0.2, 0.25) is 0 Å². The second-order valence-electron chi connectivity index (χ2n) is 7.14. The van der Waals surface area contributed by atoms with Crippen LogP contribution in [0.1, 0.15) is 31.4 Å². The minimum atomic E-state index is -0.181. The highest BCUT2D eigenvalue weighted by Gasteiger charge is 2.36. The molecule has 0 saturated heterocycles. The van der Waals surface area contributed by atoms with E-state index >= 15 is 0 Å². The molecule has 0 spiro atoms. The molecule has 1 atom stereocenters. The molecule has 0 radical (unpaired) electrons. The van der Waals surface area contributed by atoms with Crippen LogP contribution in [0.5, 0.6) is 5.75 Å². The summed E-state index contributed by atoms with van der Waals surface area (Å²) in [6.07, 6.45) is 1.80. The fourth-order valence-corrected chi connectivity index (χ4v) is 3.64. The van der Waals surface area contributed by atoms with Gasteiger partial charge in [-0.15, -0.1) is 0 Å². The fourth-order valence-electron chi connectivity index (χ4n) is 3.64. The van der Waals surface area contributed by atoms with Crippen molar-refractivity contribution in [1.29, 1.82) is 0 Å². The number of nitrogens with zero attached hydrogens (tertiary/aromatic N) is 2. The Balaban J connectivity index is 2.03. The summed E-state index contributed by atoms with van der Waals surface area (Å²) in [5.74, 6) is 0.974. The second-order valence-corrected chi connectivity index (χ2v) is 7.14. The number of hydrogen-bond donors (Lipinski definition) is 0. The molecule has 4 rings (SSSR count). The number of aromatic nitrogens is 2. The molecule has 2 aromatic carbocycles. The SMILES string of the molecule is CCC1(C)Cc2c(-c3nn(C)c(=O)c4ccccc34)ccc(C)c2O1. The smallest absolute Gasteiger partial charge is 0.274 e. The third-order valence-corrected chi connectivity index (χ3v) is 5.32. The van der Waals surface area contributed by atoms with Crippen molar-refractivity contribution in [3.63, 3.8) is 0 Å². The summed E-state index contributed by atoms with van der Waals surface area (Å²) in [5.41, 5.74) is 3.99.